The monoisotopic (exact) mass is 654 g/mol. The molecule has 2 aromatic carbocycles. The number of halogens is 2. The Kier molecular flexibility index (Phi) is 8.88. The van der Waals surface area contributed by atoms with Crippen LogP contribution in [0.1, 0.15) is 43.4 Å². The molecule has 6 rings (SSSR count). The van der Waals surface area contributed by atoms with Crippen molar-refractivity contribution in [2.45, 2.75) is 62.1 Å². The van der Waals surface area contributed by atoms with Gasteiger partial charge < -0.3 is 41.2 Å². The maximum Gasteiger partial charge on any atom is 0.229 e. The van der Waals surface area contributed by atoms with Crippen LogP contribution in [-0.2, 0) is 10.4 Å². The summed E-state index contributed by atoms with van der Waals surface area (Å²) in [5.41, 5.74) is 6.75. The molecular weight excluding hydrogens is 619 g/mol. The molecule has 12 nitrogen and oxygen atoms in total. The maximum absolute atomic E-state index is 12.2. The van der Waals surface area contributed by atoms with E-state index in [1.165, 1.54) is 0 Å². The molecule has 0 spiro atoms. The number of nitrogens with one attached hydrogen (secondary N) is 2. The molecule has 0 bridgehead atoms. The predicted octanol–water partition coefficient (Wildman–Crippen LogP) is 2.58. The van der Waals surface area contributed by atoms with Gasteiger partial charge in [-0.05, 0) is 48.2 Å². The Morgan fingerprint density at radius 3 is 2.27 bits per heavy atom. The lowest BCUT2D eigenvalue weighted by Crippen LogP contribution is -2.42. The Hall–Kier alpha value is -3.52. The average molecular weight is 656 g/mol. The van der Waals surface area contributed by atoms with Crippen molar-refractivity contribution in [3.8, 4) is 0 Å². The van der Waals surface area contributed by atoms with Crippen LogP contribution in [0.2, 0.25) is 10.0 Å². The summed E-state index contributed by atoms with van der Waals surface area (Å²) in [6.07, 6.45) is 0.553. The van der Waals surface area contributed by atoms with Gasteiger partial charge in [-0.3, -0.25) is 4.79 Å². The van der Waals surface area contributed by atoms with Gasteiger partial charge in [0.1, 0.15) is 17.8 Å². The Labute approximate surface area is 270 Å². The van der Waals surface area contributed by atoms with Crippen LogP contribution < -0.4 is 21.3 Å². The largest absolute Gasteiger partial charge is 0.388 e. The number of benzene rings is 2. The van der Waals surface area contributed by atoms with E-state index in [1.54, 1.807) is 66.3 Å². The zero-order valence-corrected chi connectivity index (χ0v) is 26.2. The van der Waals surface area contributed by atoms with Crippen LogP contribution in [-0.4, -0.2) is 84.7 Å². The van der Waals surface area contributed by atoms with Gasteiger partial charge in [0.05, 0.1) is 25.0 Å². The molecule has 1 aliphatic carbocycles. The van der Waals surface area contributed by atoms with Crippen LogP contribution in [0.5, 0.6) is 0 Å². The standard InChI is InChI=1S/C31H36Cl2N8O4/c1-2-24(42)37-22-13-23(27(44)26(22)43)41-16-36-25-28(38-30(39-29(25)41)40-12-11-21(34)14-40)35-15-31(45,17-3-7-19(32)8-4-17)18-5-9-20(33)10-6-18/h3-10,16,21-23,26-27,43-45H,2,11-15,34H2,1H3,(H,37,42)(H,35,38,39)/t21-,22+,23-,26-,27+/m1/s1. The number of aliphatic hydroxyl groups is 3. The highest BCUT2D eigenvalue weighted by atomic mass is 35.5. The number of carbonyl (C=O) groups is 1. The number of nitrogens with two attached hydrogens (primary N) is 1. The number of hydrogen-bond acceptors (Lipinski definition) is 10. The van der Waals surface area contributed by atoms with Gasteiger partial charge in [0.15, 0.2) is 17.0 Å². The summed E-state index contributed by atoms with van der Waals surface area (Å²) < 4.78 is 1.72. The first kappa shape index (κ1) is 31.5. The maximum atomic E-state index is 12.2. The Morgan fingerprint density at radius 2 is 1.69 bits per heavy atom. The van der Waals surface area contributed by atoms with Gasteiger partial charge in [-0.25, -0.2) is 4.98 Å². The van der Waals surface area contributed by atoms with E-state index in [4.69, 9.17) is 38.9 Å². The summed E-state index contributed by atoms with van der Waals surface area (Å²) in [6, 6.07) is 12.7. The molecule has 45 heavy (non-hydrogen) atoms. The molecule has 14 heteroatoms. The minimum Gasteiger partial charge on any atom is -0.388 e. The molecular formula is C31H36Cl2N8O4. The number of rotatable bonds is 9. The lowest BCUT2D eigenvalue weighted by atomic mass is 9.86. The van der Waals surface area contributed by atoms with Gasteiger partial charge in [-0.1, -0.05) is 54.4 Å². The number of anilines is 2. The fourth-order valence-corrected chi connectivity index (χ4v) is 6.40. The van der Waals surface area contributed by atoms with E-state index in [1.807, 2.05) is 4.90 Å². The third kappa shape index (κ3) is 6.18. The molecule has 5 atom stereocenters. The first-order chi connectivity index (χ1) is 21.6. The number of aliphatic hydroxyl groups excluding tert-OH is 2. The molecule has 238 valence electrons. The highest BCUT2D eigenvalue weighted by Crippen LogP contribution is 2.36. The number of nitrogens with zero attached hydrogens (tertiary/aromatic N) is 5. The molecule has 2 aliphatic rings. The van der Waals surface area contributed by atoms with Crippen molar-refractivity contribution < 1.29 is 20.1 Å². The van der Waals surface area contributed by atoms with Crippen molar-refractivity contribution in [1.82, 2.24) is 24.8 Å². The van der Waals surface area contributed by atoms with Gasteiger partial charge in [0, 0.05) is 35.6 Å². The van der Waals surface area contributed by atoms with Crippen molar-refractivity contribution in [2.24, 2.45) is 5.73 Å². The second-order valence-electron chi connectivity index (χ2n) is 11.7. The van der Waals surface area contributed by atoms with Gasteiger partial charge in [-0.15, -0.1) is 0 Å². The summed E-state index contributed by atoms with van der Waals surface area (Å²) in [7, 11) is 0. The topological polar surface area (TPSA) is 175 Å². The molecule has 7 N–H and O–H groups in total. The smallest absolute Gasteiger partial charge is 0.229 e. The molecule has 2 fully saturated rings. The number of imidazole rings is 1. The van der Waals surface area contributed by atoms with Gasteiger partial charge in [0.2, 0.25) is 11.9 Å². The van der Waals surface area contributed by atoms with E-state index in [-0.39, 0.29) is 31.3 Å². The Balaban J connectivity index is 1.39. The quantitative estimate of drug-likeness (QED) is 0.157. The van der Waals surface area contributed by atoms with Crippen LogP contribution >= 0.6 is 23.2 Å². The second kappa shape index (κ2) is 12.7. The zero-order chi connectivity index (χ0) is 31.9. The SMILES string of the molecule is CCC(=O)N[C@H]1C[C@@H](n2cnc3c(NCC(O)(c4ccc(Cl)cc4)c4ccc(Cl)cc4)nc(N4CC[C@@H](N)C4)nc32)[C@H](O)[C@@H]1O. The van der Waals surface area contributed by atoms with Crippen molar-refractivity contribution in [3.05, 3.63) is 76.0 Å². The predicted molar refractivity (Wildman–Crippen MR) is 172 cm³/mol. The molecule has 2 aromatic heterocycles. The van der Waals surface area contributed by atoms with Crippen LogP contribution in [0.15, 0.2) is 54.9 Å². The first-order valence-electron chi connectivity index (χ1n) is 15.0. The summed E-state index contributed by atoms with van der Waals surface area (Å²) >= 11 is 12.3. The summed E-state index contributed by atoms with van der Waals surface area (Å²) in [4.78, 5) is 28.4. The minimum atomic E-state index is -1.51. The van der Waals surface area contributed by atoms with Crippen LogP contribution in [0.4, 0.5) is 11.8 Å². The van der Waals surface area contributed by atoms with Gasteiger partial charge >= 0.3 is 0 Å². The lowest BCUT2D eigenvalue weighted by molar-refractivity contribution is -0.122. The minimum absolute atomic E-state index is 0.00405. The van der Waals surface area contributed by atoms with Gasteiger partial charge in [0.25, 0.3) is 0 Å². The van der Waals surface area contributed by atoms with Crippen LogP contribution in [0.25, 0.3) is 11.2 Å². The summed E-state index contributed by atoms with van der Waals surface area (Å²) in [6.45, 7) is 2.96. The van der Waals surface area contributed by atoms with E-state index in [0.29, 0.717) is 57.2 Å². The number of carbonyl (C=O) groups excluding carboxylic acids is 1. The fourth-order valence-electron chi connectivity index (χ4n) is 6.15. The van der Waals surface area contributed by atoms with Crippen molar-refractivity contribution in [1.29, 1.82) is 0 Å². The normalized spacial score (nSPS) is 23.5. The molecule has 1 saturated carbocycles. The van der Waals surface area contributed by atoms with Gasteiger partial charge in [-0.2, -0.15) is 9.97 Å². The number of amides is 1. The molecule has 3 heterocycles. The van der Waals surface area contributed by atoms with E-state index < -0.39 is 29.9 Å². The number of aromatic nitrogens is 4. The van der Waals surface area contributed by atoms with Crippen LogP contribution in [0, 0.1) is 0 Å². The van der Waals surface area contributed by atoms with E-state index >= 15 is 0 Å². The number of hydrogen-bond donors (Lipinski definition) is 6. The van der Waals surface area contributed by atoms with Crippen molar-refractivity contribution in [2.75, 3.05) is 29.9 Å². The second-order valence-corrected chi connectivity index (χ2v) is 12.6. The molecule has 1 amide bonds. The molecule has 1 saturated heterocycles. The molecule has 4 aromatic rings. The van der Waals surface area contributed by atoms with E-state index in [0.717, 1.165) is 6.42 Å². The molecule has 1 aliphatic heterocycles. The Bertz CT molecular complexity index is 1620. The third-order valence-corrected chi connectivity index (χ3v) is 9.25. The van der Waals surface area contributed by atoms with Crippen LogP contribution in [0.3, 0.4) is 0 Å². The first-order valence-corrected chi connectivity index (χ1v) is 15.7. The molecule has 0 radical (unpaired) electrons. The number of fused-ring (bicyclic) bond motifs is 1. The Morgan fingerprint density at radius 1 is 1.04 bits per heavy atom. The molecule has 0 unspecified atom stereocenters. The highest BCUT2D eigenvalue weighted by molar-refractivity contribution is 6.30. The fraction of sp³-hybridized carbons (Fsp3) is 0.419. The summed E-state index contributed by atoms with van der Waals surface area (Å²) in [5.74, 6) is 0.585. The highest BCUT2D eigenvalue weighted by Gasteiger charge is 2.44. The lowest BCUT2D eigenvalue weighted by Gasteiger charge is -2.30. The zero-order valence-electron chi connectivity index (χ0n) is 24.6. The third-order valence-electron chi connectivity index (χ3n) is 8.75. The average Bonchev–Trinajstić information content (AvgIpc) is 3.74. The van der Waals surface area contributed by atoms with E-state index in [2.05, 4.69) is 15.6 Å². The van der Waals surface area contributed by atoms with Crippen molar-refractivity contribution >= 4 is 52.0 Å². The van der Waals surface area contributed by atoms with Crippen molar-refractivity contribution in [3.63, 3.8) is 0 Å². The summed E-state index contributed by atoms with van der Waals surface area (Å²) in [5, 5.41) is 41.2. The van der Waals surface area contributed by atoms with E-state index in [9.17, 15) is 20.1 Å².